The summed E-state index contributed by atoms with van der Waals surface area (Å²) in [7, 11) is 0. The monoisotopic (exact) mass is 360 g/mol. The van der Waals surface area contributed by atoms with E-state index in [9.17, 15) is 0 Å². The van der Waals surface area contributed by atoms with E-state index < -0.39 is 18.4 Å². The van der Waals surface area contributed by atoms with Crippen LogP contribution in [0.5, 0.6) is 0 Å². The Labute approximate surface area is 109 Å². The fraction of sp³-hybridized carbons (Fsp3) is 0.273. The van der Waals surface area contributed by atoms with Gasteiger partial charge in [-0.1, -0.05) is 0 Å². The van der Waals surface area contributed by atoms with Gasteiger partial charge in [-0.3, -0.25) is 0 Å². The molecule has 0 fully saturated rings. The Morgan fingerprint density at radius 2 is 2.00 bits per heavy atom. The number of nitrogens with zero attached hydrogens (tertiary/aromatic N) is 2. The summed E-state index contributed by atoms with van der Waals surface area (Å²) in [6.45, 7) is 0. The van der Waals surface area contributed by atoms with Gasteiger partial charge in [0, 0.05) is 0 Å². The average molecular weight is 359 g/mol. The van der Waals surface area contributed by atoms with Gasteiger partial charge in [0.1, 0.15) is 0 Å². The van der Waals surface area contributed by atoms with Crippen LogP contribution in [-0.2, 0) is 0 Å². The molecule has 0 aliphatic rings. The van der Waals surface area contributed by atoms with Gasteiger partial charge in [-0.05, 0) is 0 Å². The fourth-order valence-corrected chi connectivity index (χ4v) is 7.12. The van der Waals surface area contributed by atoms with Gasteiger partial charge >= 0.3 is 109 Å². The van der Waals surface area contributed by atoms with E-state index in [1.54, 1.807) is 0 Å². The van der Waals surface area contributed by atoms with E-state index in [4.69, 9.17) is 11.6 Å². The summed E-state index contributed by atoms with van der Waals surface area (Å²) < 4.78 is 5.34. The van der Waals surface area contributed by atoms with Crippen LogP contribution in [0.4, 0.5) is 0 Å². The average Bonchev–Trinajstić information content (AvgIpc) is 2.69. The molecule has 1 heterocycles. The molecular weight excluding hydrogens is 346 g/mol. The van der Waals surface area contributed by atoms with Crippen LogP contribution >= 0.6 is 23.1 Å². The second kappa shape index (κ2) is 4.62. The van der Waals surface area contributed by atoms with Crippen LogP contribution in [0.15, 0.2) is 23.6 Å². The number of benzene rings is 1. The fourth-order valence-electron chi connectivity index (χ4n) is 1.64. The van der Waals surface area contributed by atoms with Crippen molar-refractivity contribution in [1.29, 1.82) is 0 Å². The predicted molar refractivity (Wildman–Crippen MR) is 73.3 cm³/mol. The zero-order chi connectivity index (χ0) is 11.8. The van der Waals surface area contributed by atoms with Crippen molar-refractivity contribution in [2.45, 2.75) is 14.8 Å². The van der Waals surface area contributed by atoms with Crippen molar-refractivity contribution < 1.29 is 0 Å². The molecular formula is C11H13ClN2SSn. The summed E-state index contributed by atoms with van der Waals surface area (Å²) in [6.07, 6.45) is 0. The van der Waals surface area contributed by atoms with Crippen LogP contribution in [0, 0.1) is 0 Å². The third-order valence-electron chi connectivity index (χ3n) is 2.43. The third-order valence-corrected chi connectivity index (χ3v) is 8.96. The number of hydrogen-bond acceptors (Lipinski definition) is 3. The quantitative estimate of drug-likeness (QED) is 0.768. The minimum absolute atomic E-state index is 0.813. The molecule has 0 saturated heterocycles. The zero-order valence-electron chi connectivity index (χ0n) is 9.49. The Balaban J connectivity index is 2.62. The Morgan fingerprint density at radius 1 is 1.25 bits per heavy atom. The van der Waals surface area contributed by atoms with Gasteiger partial charge in [-0.25, -0.2) is 0 Å². The van der Waals surface area contributed by atoms with Gasteiger partial charge in [0.05, 0.1) is 0 Å². The van der Waals surface area contributed by atoms with Crippen molar-refractivity contribution in [3.8, 4) is 11.3 Å². The molecule has 5 heteroatoms. The third kappa shape index (κ3) is 2.57. The molecule has 2 nitrogen and oxygen atoms in total. The Hall–Kier alpha value is -0.131. The number of aromatic nitrogens is 2. The summed E-state index contributed by atoms with van der Waals surface area (Å²) in [5, 5.41) is 6.95. The molecule has 0 aliphatic heterocycles. The summed E-state index contributed by atoms with van der Waals surface area (Å²) in [6, 6.07) is 6.10. The van der Waals surface area contributed by atoms with Gasteiger partial charge in [-0.2, -0.15) is 0 Å². The Kier molecular flexibility index (Phi) is 3.56. The molecule has 2 rings (SSSR count). The number of hydrogen-bond donors (Lipinski definition) is 0. The van der Waals surface area contributed by atoms with E-state index in [1.807, 2.05) is 11.4 Å². The predicted octanol–water partition coefficient (Wildman–Crippen LogP) is 3.40. The molecule has 1 aromatic heterocycles. The van der Waals surface area contributed by atoms with Crippen molar-refractivity contribution in [2.75, 3.05) is 0 Å². The summed E-state index contributed by atoms with van der Waals surface area (Å²) in [5.74, 6) is 0. The SMILES string of the molecule is [CH3][Sn]([CH3])([CH3])[c]1cc(Cl)ccc1-c1csnn1. The van der Waals surface area contributed by atoms with Gasteiger partial charge in [0.25, 0.3) is 0 Å². The molecule has 84 valence electrons. The number of halogens is 1. The maximum atomic E-state index is 6.08. The van der Waals surface area contributed by atoms with Crippen LogP contribution < -0.4 is 3.58 Å². The van der Waals surface area contributed by atoms with Crippen molar-refractivity contribution in [1.82, 2.24) is 9.59 Å². The first-order valence-electron chi connectivity index (χ1n) is 5.06. The molecule has 0 atom stereocenters. The van der Waals surface area contributed by atoms with Crippen LogP contribution in [0.2, 0.25) is 19.8 Å². The maximum absolute atomic E-state index is 6.08. The number of rotatable bonds is 2. The van der Waals surface area contributed by atoms with E-state index in [-0.39, 0.29) is 0 Å². The molecule has 1 aromatic carbocycles. The van der Waals surface area contributed by atoms with Gasteiger partial charge in [0.15, 0.2) is 0 Å². The molecule has 0 N–H and O–H groups in total. The topological polar surface area (TPSA) is 25.8 Å². The van der Waals surface area contributed by atoms with Gasteiger partial charge < -0.3 is 0 Å². The first-order chi connectivity index (χ1) is 7.48. The molecule has 0 amide bonds. The van der Waals surface area contributed by atoms with Gasteiger partial charge in [-0.15, -0.1) is 0 Å². The van der Waals surface area contributed by atoms with E-state index in [0.717, 1.165) is 10.7 Å². The molecule has 2 aromatic rings. The van der Waals surface area contributed by atoms with Crippen molar-refractivity contribution >= 4 is 45.1 Å². The second-order valence-electron chi connectivity index (χ2n) is 4.73. The van der Waals surface area contributed by atoms with Crippen LogP contribution in [0.3, 0.4) is 0 Å². The summed E-state index contributed by atoms with van der Waals surface area (Å²) in [4.78, 5) is 7.14. The minimum atomic E-state index is -2.16. The molecule has 0 bridgehead atoms. The normalized spacial score (nSPS) is 11.8. The van der Waals surface area contributed by atoms with E-state index in [0.29, 0.717) is 0 Å². The first-order valence-corrected chi connectivity index (χ1v) is 16.3. The molecule has 0 spiro atoms. The first kappa shape index (κ1) is 12.3. The molecule has 0 radical (unpaired) electrons. The molecule has 0 aliphatic carbocycles. The van der Waals surface area contributed by atoms with E-state index >= 15 is 0 Å². The Morgan fingerprint density at radius 3 is 2.56 bits per heavy atom. The zero-order valence-corrected chi connectivity index (χ0v) is 13.9. The molecule has 16 heavy (non-hydrogen) atoms. The van der Waals surface area contributed by atoms with Crippen LogP contribution in [0.25, 0.3) is 11.3 Å². The summed E-state index contributed by atoms with van der Waals surface area (Å²) in [5.41, 5.74) is 2.18. The van der Waals surface area contributed by atoms with Crippen LogP contribution in [-0.4, -0.2) is 28.0 Å². The molecule has 0 saturated carbocycles. The van der Waals surface area contributed by atoms with Gasteiger partial charge in [0.2, 0.25) is 0 Å². The van der Waals surface area contributed by atoms with Crippen molar-refractivity contribution in [3.05, 3.63) is 28.6 Å². The van der Waals surface area contributed by atoms with E-state index in [2.05, 4.69) is 36.5 Å². The van der Waals surface area contributed by atoms with Crippen molar-refractivity contribution in [2.24, 2.45) is 0 Å². The Bertz CT molecular complexity index is 491. The van der Waals surface area contributed by atoms with Crippen LogP contribution in [0.1, 0.15) is 0 Å². The van der Waals surface area contributed by atoms with E-state index in [1.165, 1.54) is 20.7 Å². The summed E-state index contributed by atoms with van der Waals surface area (Å²) >= 11 is 5.31. The molecule has 0 unspecified atom stereocenters. The second-order valence-corrected chi connectivity index (χ2v) is 20.2. The van der Waals surface area contributed by atoms with Crippen molar-refractivity contribution in [3.63, 3.8) is 0 Å². The standard InChI is InChI=1S/C8H4ClN2S.3CH3.Sn/c9-7-3-1-6(2-4-7)8-5-12-11-10-8;;;;/h1,3-5H;3*1H3;.